The molecule has 2 rings (SSSR count). The fourth-order valence-electron chi connectivity index (χ4n) is 1.89. The van der Waals surface area contributed by atoms with E-state index < -0.39 is 42.6 Å². The molecule has 1 aromatic rings. The van der Waals surface area contributed by atoms with Crippen molar-refractivity contribution in [2.75, 3.05) is 5.75 Å². The number of aliphatic hydroxyl groups is 2. The molecule has 1 aliphatic rings. The summed E-state index contributed by atoms with van der Waals surface area (Å²) in [6.45, 7) is -4.34. The molecule has 0 unspecified atom stereocenters. The Morgan fingerprint density at radius 2 is 2.00 bits per heavy atom. The second-order valence-corrected chi connectivity index (χ2v) is 8.12. The first-order valence-electron chi connectivity index (χ1n) is 5.72. The second kappa shape index (κ2) is 6.05. The molecule has 21 heavy (non-hydrogen) atoms. The first-order chi connectivity index (χ1) is 9.69. The highest BCUT2D eigenvalue weighted by Crippen LogP contribution is 2.51. The van der Waals surface area contributed by atoms with Gasteiger partial charge in [0.15, 0.2) is 6.23 Å². The van der Waals surface area contributed by atoms with Crippen LogP contribution in [0.1, 0.15) is 6.23 Å². The molecule has 118 valence electrons. The van der Waals surface area contributed by atoms with Gasteiger partial charge in [0.2, 0.25) is 0 Å². The van der Waals surface area contributed by atoms with Crippen molar-refractivity contribution in [3.63, 3.8) is 0 Å². The van der Waals surface area contributed by atoms with E-state index in [0.717, 1.165) is 16.8 Å². The van der Waals surface area contributed by atoms with Crippen LogP contribution in [0.25, 0.3) is 0 Å². The zero-order chi connectivity index (χ0) is 15.8. The average molecular weight is 340 g/mol. The maximum atomic E-state index is 11.6. The molecule has 0 spiro atoms. The molecule has 2 heterocycles. The van der Waals surface area contributed by atoms with Gasteiger partial charge in [-0.1, -0.05) is 0 Å². The normalized spacial score (nSPS) is 29.7. The molecule has 1 saturated heterocycles. The molecule has 1 fully saturated rings. The van der Waals surface area contributed by atoms with Gasteiger partial charge >= 0.3 is 12.5 Å². The van der Waals surface area contributed by atoms with Crippen LogP contribution in [0, 0.1) is 0 Å². The Balaban J connectivity index is 2.18. The first kappa shape index (κ1) is 16.4. The highest BCUT2D eigenvalue weighted by Gasteiger charge is 2.44. The highest BCUT2D eigenvalue weighted by molar-refractivity contribution is 8.54. The van der Waals surface area contributed by atoms with Crippen molar-refractivity contribution in [3.8, 4) is 0 Å². The van der Waals surface area contributed by atoms with Crippen molar-refractivity contribution in [1.29, 1.82) is 0 Å². The van der Waals surface area contributed by atoms with Crippen LogP contribution in [0.15, 0.2) is 21.9 Å². The van der Waals surface area contributed by atoms with E-state index in [-0.39, 0.29) is 17.1 Å². The first-order valence-corrected chi connectivity index (χ1v) is 8.92. The maximum absolute atomic E-state index is 11.6. The zero-order valence-electron chi connectivity index (χ0n) is 10.4. The second-order valence-electron chi connectivity index (χ2n) is 4.35. The Morgan fingerprint density at radius 1 is 1.33 bits per heavy atom. The fourth-order valence-corrected chi connectivity index (χ4v) is 3.54. The standard InChI is InChI=1S/C9H13N2O8PS/c12-5-1-2-11(9(15)10-5)8-7(14)6(13)4(19-8)3-21-20(16,17)18/h1-2,4,6-8,13-14H,3H2,(H,10,12,15)(H2,16,17,18)/t4-,6-,7-,8-/m1/s1. The predicted octanol–water partition coefficient (Wildman–Crippen LogP) is -2.02. The summed E-state index contributed by atoms with van der Waals surface area (Å²) in [5, 5.41) is 19.7. The molecule has 0 radical (unpaired) electrons. The molecule has 4 atom stereocenters. The molecule has 0 aliphatic carbocycles. The monoisotopic (exact) mass is 340 g/mol. The molecule has 1 aromatic heterocycles. The van der Waals surface area contributed by atoms with E-state index >= 15 is 0 Å². The van der Waals surface area contributed by atoms with Crippen LogP contribution < -0.4 is 11.2 Å². The quantitative estimate of drug-likeness (QED) is 0.389. The molecule has 0 aromatic carbocycles. The third-order valence-electron chi connectivity index (χ3n) is 2.87. The van der Waals surface area contributed by atoms with Crippen LogP contribution in [-0.4, -0.2) is 53.6 Å². The third-order valence-corrected chi connectivity index (χ3v) is 5.14. The van der Waals surface area contributed by atoms with Crippen molar-refractivity contribution in [3.05, 3.63) is 33.1 Å². The van der Waals surface area contributed by atoms with Crippen LogP contribution in [0.2, 0.25) is 0 Å². The number of H-pyrrole nitrogens is 1. The minimum atomic E-state index is -4.34. The Labute approximate surface area is 121 Å². The van der Waals surface area contributed by atoms with Crippen LogP contribution in [0.3, 0.4) is 0 Å². The summed E-state index contributed by atoms with van der Waals surface area (Å²) in [6.07, 6.45) is -4.13. The van der Waals surface area contributed by atoms with Crippen LogP contribution in [0.5, 0.6) is 0 Å². The lowest BCUT2D eigenvalue weighted by Crippen LogP contribution is -2.37. The number of ether oxygens (including phenoxy) is 1. The van der Waals surface area contributed by atoms with Gasteiger partial charge in [0, 0.05) is 18.0 Å². The van der Waals surface area contributed by atoms with Gasteiger partial charge in [0.05, 0.1) is 6.10 Å². The minimum Gasteiger partial charge on any atom is -0.387 e. The van der Waals surface area contributed by atoms with Gasteiger partial charge in [-0.25, -0.2) is 9.36 Å². The number of hydrogen-bond acceptors (Lipinski definition) is 7. The molecular formula is C9H13N2O8PS. The lowest BCUT2D eigenvalue weighted by Gasteiger charge is -2.16. The zero-order valence-corrected chi connectivity index (χ0v) is 12.1. The summed E-state index contributed by atoms with van der Waals surface area (Å²) < 4.78 is 16.9. The molecule has 0 amide bonds. The molecule has 12 heteroatoms. The van der Waals surface area contributed by atoms with E-state index in [0.29, 0.717) is 0 Å². The van der Waals surface area contributed by atoms with E-state index in [4.69, 9.17) is 14.5 Å². The average Bonchev–Trinajstić information content (AvgIpc) is 2.64. The number of rotatable bonds is 4. The van der Waals surface area contributed by atoms with Crippen LogP contribution in [0.4, 0.5) is 0 Å². The van der Waals surface area contributed by atoms with Gasteiger partial charge in [0.25, 0.3) is 5.56 Å². The summed E-state index contributed by atoms with van der Waals surface area (Å²) in [5.41, 5.74) is -1.46. The van der Waals surface area contributed by atoms with E-state index in [1.807, 2.05) is 4.98 Å². The molecule has 0 bridgehead atoms. The molecule has 1 aliphatic heterocycles. The fraction of sp³-hybridized carbons (Fsp3) is 0.556. The van der Waals surface area contributed by atoms with Gasteiger partial charge in [0.1, 0.15) is 12.2 Å². The van der Waals surface area contributed by atoms with Crippen LogP contribution in [-0.2, 0) is 9.30 Å². The van der Waals surface area contributed by atoms with Gasteiger partial charge in [-0.05, 0) is 11.4 Å². The Hall–Kier alpha value is -0.940. The van der Waals surface area contributed by atoms with E-state index in [9.17, 15) is 24.4 Å². The van der Waals surface area contributed by atoms with E-state index in [1.165, 1.54) is 0 Å². The Morgan fingerprint density at radius 3 is 2.57 bits per heavy atom. The number of nitrogens with one attached hydrogen (secondary N) is 1. The van der Waals surface area contributed by atoms with Gasteiger partial charge in [-0.2, -0.15) is 0 Å². The molecule has 0 saturated carbocycles. The molecule has 5 N–H and O–H groups in total. The number of aliphatic hydroxyl groups excluding tert-OH is 2. The van der Waals surface area contributed by atoms with Crippen molar-refractivity contribution in [1.82, 2.24) is 9.55 Å². The van der Waals surface area contributed by atoms with Gasteiger partial charge in [-0.15, -0.1) is 0 Å². The van der Waals surface area contributed by atoms with E-state index in [1.54, 1.807) is 0 Å². The molecule has 10 nitrogen and oxygen atoms in total. The summed E-state index contributed by atoms with van der Waals surface area (Å²) in [5.74, 6) is -0.267. The lowest BCUT2D eigenvalue weighted by atomic mass is 10.1. The predicted molar refractivity (Wildman–Crippen MR) is 71.7 cm³/mol. The van der Waals surface area contributed by atoms with E-state index in [2.05, 4.69) is 0 Å². The number of nitrogens with zero attached hydrogens (tertiary/aromatic N) is 1. The smallest absolute Gasteiger partial charge is 0.384 e. The van der Waals surface area contributed by atoms with Crippen molar-refractivity contribution in [2.24, 2.45) is 0 Å². The van der Waals surface area contributed by atoms with Gasteiger partial charge < -0.3 is 24.7 Å². The highest BCUT2D eigenvalue weighted by atomic mass is 32.7. The topological polar surface area (TPSA) is 162 Å². The van der Waals surface area contributed by atoms with Crippen LogP contribution >= 0.6 is 18.2 Å². The molecular weight excluding hydrogens is 327 g/mol. The number of aromatic nitrogens is 2. The Bertz CT molecular complexity index is 668. The van der Waals surface area contributed by atoms with Crippen molar-refractivity contribution in [2.45, 2.75) is 24.5 Å². The Kier molecular flexibility index (Phi) is 4.73. The van der Waals surface area contributed by atoms with Crippen molar-refractivity contribution < 1.29 is 29.3 Å². The number of aromatic amines is 1. The summed E-state index contributed by atoms with van der Waals surface area (Å²) in [7, 11) is 0. The SMILES string of the molecule is O=c1ccn([C@@H]2O[C@H](CSP(=O)(O)O)[C@@H](O)[C@H]2O)c(=O)[nH]1. The summed E-state index contributed by atoms with van der Waals surface area (Å²) in [6, 6.07) is 1.04. The lowest BCUT2D eigenvalue weighted by molar-refractivity contribution is -0.0340. The minimum absolute atomic E-state index is 0.266. The van der Waals surface area contributed by atoms with Crippen molar-refractivity contribution >= 4 is 18.2 Å². The summed E-state index contributed by atoms with van der Waals surface area (Å²) >= 11 is 0.266. The largest absolute Gasteiger partial charge is 0.387 e. The summed E-state index contributed by atoms with van der Waals surface area (Å²) in [4.78, 5) is 42.1. The maximum Gasteiger partial charge on any atom is 0.384 e. The number of hydrogen-bond donors (Lipinski definition) is 5. The third kappa shape index (κ3) is 3.83. The van der Waals surface area contributed by atoms with Gasteiger partial charge in [-0.3, -0.25) is 14.3 Å².